The molecule has 1 amide bonds. The van der Waals surface area contributed by atoms with E-state index < -0.39 is 0 Å². The molecule has 0 saturated carbocycles. The molecule has 2 heterocycles. The van der Waals surface area contributed by atoms with Gasteiger partial charge in [-0.3, -0.25) is 9.69 Å². The molecular weight excluding hydrogens is 436 g/mol. The molecule has 3 aromatic rings. The van der Waals surface area contributed by atoms with Gasteiger partial charge in [-0.2, -0.15) is 0 Å². The van der Waals surface area contributed by atoms with Gasteiger partial charge in [-0.25, -0.2) is 0 Å². The zero-order chi connectivity index (χ0) is 21.5. The second-order valence-corrected chi connectivity index (χ2v) is 8.55. The third-order valence-corrected chi connectivity index (χ3v) is 5.89. The van der Waals surface area contributed by atoms with Gasteiger partial charge in [0.1, 0.15) is 0 Å². The van der Waals surface area contributed by atoms with E-state index in [1.165, 1.54) is 17.3 Å². The highest BCUT2D eigenvalue weighted by atomic mass is 35.5. The monoisotopic (exact) mass is 458 g/mol. The predicted octanol–water partition coefficient (Wildman–Crippen LogP) is 3.50. The summed E-state index contributed by atoms with van der Waals surface area (Å²) in [6, 6.07) is 17.5. The Morgan fingerprint density at radius 3 is 2.77 bits per heavy atom. The fourth-order valence-electron chi connectivity index (χ4n) is 3.27. The van der Waals surface area contributed by atoms with E-state index >= 15 is 0 Å². The Morgan fingerprint density at radius 1 is 1.16 bits per heavy atom. The van der Waals surface area contributed by atoms with E-state index in [0.717, 1.165) is 25.2 Å². The first-order valence-corrected chi connectivity index (χ1v) is 11.4. The van der Waals surface area contributed by atoms with Crippen molar-refractivity contribution in [1.82, 2.24) is 20.4 Å². The molecule has 2 aromatic carbocycles. The van der Waals surface area contributed by atoms with E-state index in [2.05, 4.69) is 32.5 Å². The smallest absolute Gasteiger partial charge is 0.277 e. The number of hydrogen-bond acceptors (Lipinski definition) is 7. The van der Waals surface area contributed by atoms with Crippen molar-refractivity contribution < 1.29 is 13.9 Å². The lowest BCUT2D eigenvalue weighted by molar-refractivity contribution is -0.119. The van der Waals surface area contributed by atoms with E-state index in [9.17, 15) is 4.79 Å². The number of carbonyl (C=O) groups excluding carboxylic acids is 1. The summed E-state index contributed by atoms with van der Waals surface area (Å²) in [7, 11) is 0. The first kappa shape index (κ1) is 21.8. The summed E-state index contributed by atoms with van der Waals surface area (Å²) in [6.07, 6.45) is -0.0219. The van der Waals surface area contributed by atoms with Crippen LogP contribution in [0.15, 0.2) is 64.2 Å². The highest BCUT2D eigenvalue weighted by Crippen LogP contribution is 2.24. The SMILES string of the molecule is O=C(CSc1nnc(-c2ccc(Cl)cc2)o1)NCC1CN(Cc2ccccc2)CCO1. The van der Waals surface area contributed by atoms with E-state index in [1.807, 2.05) is 30.3 Å². The van der Waals surface area contributed by atoms with Crippen LogP contribution in [0, 0.1) is 0 Å². The van der Waals surface area contributed by atoms with Gasteiger partial charge in [-0.1, -0.05) is 53.7 Å². The fourth-order valence-corrected chi connectivity index (χ4v) is 3.99. The van der Waals surface area contributed by atoms with Crippen LogP contribution in [-0.2, 0) is 16.1 Å². The van der Waals surface area contributed by atoms with Crippen LogP contribution in [-0.4, -0.2) is 59.1 Å². The van der Waals surface area contributed by atoms with Gasteiger partial charge in [0.05, 0.1) is 18.5 Å². The average Bonchev–Trinajstić information content (AvgIpc) is 3.27. The number of rotatable bonds is 8. The maximum Gasteiger partial charge on any atom is 0.277 e. The molecule has 4 rings (SSSR count). The zero-order valence-corrected chi connectivity index (χ0v) is 18.4. The van der Waals surface area contributed by atoms with Crippen LogP contribution >= 0.6 is 23.4 Å². The Labute approximate surface area is 190 Å². The summed E-state index contributed by atoms with van der Waals surface area (Å²) in [5.41, 5.74) is 2.06. The Morgan fingerprint density at radius 2 is 1.97 bits per heavy atom. The summed E-state index contributed by atoms with van der Waals surface area (Å²) in [4.78, 5) is 14.6. The number of halogens is 1. The predicted molar refractivity (Wildman–Crippen MR) is 120 cm³/mol. The summed E-state index contributed by atoms with van der Waals surface area (Å²) >= 11 is 7.10. The quantitative estimate of drug-likeness (QED) is 0.517. The van der Waals surface area contributed by atoms with Crippen molar-refractivity contribution in [2.24, 2.45) is 0 Å². The minimum absolute atomic E-state index is 0.0219. The van der Waals surface area contributed by atoms with Gasteiger partial charge in [-0.05, 0) is 29.8 Å². The molecule has 9 heteroatoms. The maximum atomic E-state index is 12.2. The van der Waals surface area contributed by atoms with Crippen LogP contribution in [0.25, 0.3) is 11.5 Å². The van der Waals surface area contributed by atoms with Crippen LogP contribution in [0.1, 0.15) is 5.56 Å². The lowest BCUT2D eigenvalue weighted by Crippen LogP contribution is -2.47. The van der Waals surface area contributed by atoms with Crippen LogP contribution in [0.5, 0.6) is 0 Å². The van der Waals surface area contributed by atoms with E-state index in [-0.39, 0.29) is 17.8 Å². The molecule has 1 aliphatic heterocycles. The van der Waals surface area contributed by atoms with Crippen molar-refractivity contribution in [1.29, 1.82) is 0 Å². The molecule has 1 fully saturated rings. The van der Waals surface area contributed by atoms with Crippen molar-refractivity contribution in [3.05, 3.63) is 65.2 Å². The van der Waals surface area contributed by atoms with Gasteiger partial charge < -0.3 is 14.5 Å². The molecule has 1 saturated heterocycles. The Hall–Kier alpha value is -2.39. The molecule has 31 heavy (non-hydrogen) atoms. The highest BCUT2D eigenvalue weighted by molar-refractivity contribution is 7.99. The molecular formula is C22H23ClN4O3S. The van der Waals surface area contributed by atoms with Crippen molar-refractivity contribution in [3.8, 4) is 11.5 Å². The van der Waals surface area contributed by atoms with Crippen LogP contribution < -0.4 is 5.32 Å². The highest BCUT2D eigenvalue weighted by Gasteiger charge is 2.21. The lowest BCUT2D eigenvalue weighted by Gasteiger charge is -2.33. The minimum atomic E-state index is -0.0972. The number of ether oxygens (including phenoxy) is 1. The molecule has 0 radical (unpaired) electrons. The van der Waals surface area contributed by atoms with Crippen molar-refractivity contribution in [3.63, 3.8) is 0 Å². The zero-order valence-electron chi connectivity index (χ0n) is 16.9. The molecule has 162 valence electrons. The number of thioether (sulfide) groups is 1. The molecule has 1 aliphatic rings. The molecule has 0 bridgehead atoms. The van der Waals surface area contributed by atoms with Gasteiger partial charge in [0.2, 0.25) is 11.8 Å². The Kier molecular flexibility index (Phi) is 7.58. The second kappa shape index (κ2) is 10.8. The number of amides is 1. The summed E-state index contributed by atoms with van der Waals surface area (Å²) in [6.45, 7) is 3.71. The molecule has 1 N–H and O–H groups in total. The standard InChI is InChI=1S/C22H23ClN4O3S/c23-18-8-6-17(7-9-18)21-25-26-22(30-21)31-15-20(28)24-12-19-14-27(10-11-29-19)13-16-4-2-1-3-5-16/h1-9,19H,10-15H2,(H,24,28). The van der Waals surface area contributed by atoms with Gasteiger partial charge in [0.15, 0.2) is 0 Å². The van der Waals surface area contributed by atoms with Crippen molar-refractivity contribution in [2.45, 2.75) is 17.9 Å². The fraction of sp³-hybridized carbons (Fsp3) is 0.318. The number of carbonyl (C=O) groups is 1. The second-order valence-electron chi connectivity index (χ2n) is 7.19. The van der Waals surface area contributed by atoms with Gasteiger partial charge in [-0.15, -0.1) is 10.2 Å². The Balaban J connectivity index is 1.19. The van der Waals surface area contributed by atoms with Crippen molar-refractivity contribution in [2.75, 3.05) is 32.0 Å². The summed E-state index contributed by atoms with van der Waals surface area (Å²) in [5, 5.41) is 11.9. The van der Waals surface area contributed by atoms with Crippen molar-refractivity contribution >= 4 is 29.3 Å². The van der Waals surface area contributed by atoms with E-state index in [0.29, 0.717) is 29.3 Å². The first-order valence-electron chi connectivity index (χ1n) is 10.0. The molecule has 0 spiro atoms. The number of aromatic nitrogens is 2. The molecule has 0 aliphatic carbocycles. The van der Waals surface area contributed by atoms with E-state index in [1.54, 1.807) is 12.1 Å². The number of hydrogen-bond donors (Lipinski definition) is 1. The number of morpholine rings is 1. The lowest BCUT2D eigenvalue weighted by atomic mass is 10.2. The molecule has 7 nitrogen and oxygen atoms in total. The average molecular weight is 459 g/mol. The Bertz CT molecular complexity index is 984. The van der Waals surface area contributed by atoms with Crippen LogP contribution in [0.3, 0.4) is 0 Å². The maximum absolute atomic E-state index is 12.2. The summed E-state index contributed by atoms with van der Waals surface area (Å²) in [5.74, 6) is 0.497. The van der Waals surface area contributed by atoms with Gasteiger partial charge in [0, 0.05) is 36.8 Å². The topological polar surface area (TPSA) is 80.5 Å². The number of nitrogens with one attached hydrogen (secondary N) is 1. The van der Waals surface area contributed by atoms with Crippen LogP contribution in [0.2, 0.25) is 5.02 Å². The minimum Gasteiger partial charge on any atom is -0.411 e. The number of nitrogens with zero attached hydrogens (tertiary/aromatic N) is 3. The number of benzene rings is 2. The van der Waals surface area contributed by atoms with Crippen LogP contribution in [0.4, 0.5) is 0 Å². The molecule has 1 aromatic heterocycles. The van der Waals surface area contributed by atoms with E-state index in [4.69, 9.17) is 20.8 Å². The third-order valence-electron chi connectivity index (χ3n) is 4.82. The first-order chi connectivity index (χ1) is 15.2. The van der Waals surface area contributed by atoms with Gasteiger partial charge in [0.25, 0.3) is 5.22 Å². The van der Waals surface area contributed by atoms with Gasteiger partial charge >= 0.3 is 0 Å². The summed E-state index contributed by atoms with van der Waals surface area (Å²) < 4.78 is 11.4. The molecule has 1 unspecified atom stereocenters. The third kappa shape index (κ3) is 6.54. The molecule has 1 atom stereocenters. The largest absolute Gasteiger partial charge is 0.411 e. The normalized spacial score (nSPS) is 16.9.